The molecule has 1 unspecified atom stereocenters. The first-order valence-corrected chi connectivity index (χ1v) is 5.92. The normalized spacial score (nSPS) is 22.9. The maximum absolute atomic E-state index is 5.78. The molecule has 0 spiro atoms. The first kappa shape index (κ1) is 11.4. The van der Waals surface area contributed by atoms with Gasteiger partial charge in [0.05, 0.1) is 6.10 Å². The Balaban J connectivity index is 1.97. The fourth-order valence-corrected chi connectivity index (χ4v) is 2.17. The second-order valence-electron chi connectivity index (χ2n) is 4.52. The van der Waals surface area contributed by atoms with E-state index in [4.69, 9.17) is 10.5 Å². The Hall–Kier alpha value is -1.06. The first-order chi connectivity index (χ1) is 7.74. The molecule has 1 fully saturated rings. The summed E-state index contributed by atoms with van der Waals surface area (Å²) in [5.41, 5.74) is 7.91. The predicted molar refractivity (Wildman–Crippen MR) is 66.2 cm³/mol. The van der Waals surface area contributed by atoms with Crippen molar-refractivity contribution in [1.82, 2.24) is 4.90 Å². The Morgan fingerprint density at radius 3 is 3.19 bits per heavy atom. The van der Waals surface area contributed by atoms with Gasteiger partial charge in [-0.15, -0.1) is 0 Å². The van der Waals surface area contributed by atoms with Gasteiger partial charge in [-0.05, 0) is 31.0 Å². The van der Waals surface area contributed by atoms with Gasteiger partial charge in [0.25, 0.3) is 0 Å². The molecule has 0 aliphatic carbocycles. The van der Waals surface area contributed by atoms with Crippen molar-refractivity contribution in [3.8, 4) is 0 Å². The zero-order chi connectivity index (χ0) is 11.4. The minimum atomic E-state index is 0.337. The highest BCUT2D eigenvalue weighted by atomic mass is 16.5. The number of nitrogens with zero attached hydrogens (tertiary/aromatic N) is 1. The second-order valence-corrected chi connectivity index (χ2v) is 4.52. The van der Waals surface area contributed by atoms with E-state index in [0.717, 1.165) is 38.3 Å². The van der Waals surface area contributed by atoms with Gasteiger partial charge in [0, 0.05) is 31.9 Å². The Labute approximate surface area is 97.2 Å². The number of rotatable bonds is 2. The van der Waals surface area contributed by atoms with Crippen LogP contribution >= 0.6 is 0 Å². The number of benzene rings is 1. The highest BCUT2D eigenvalue weighted by Crippen LogP contribution is 2.12. The summed E-state index contributed by atoms with van der Waals surface area (Å²) < 4.78 is 5.63. The SMILES string of the molecule is CC1CN(Cc2cccc(N)c2)CCCO1. The largest absolute Gasteiger partial charge is 0.399 e. The molecule has 0 aromatic heterocycles. The number of ether oxygens (including phenoxy) is 1. The average molecular weight is 220 g/mol. The lowest BCUT2D eigenvalue weighted by atomic mass is 10.2. The smallest absolute Gasteiger partial charge is 0.0674 e. The van der Waals surface area contributed by atoms with E-state index < -0.39 is 0 Å². The molecule has 1 aliphatic heterocycles. The predicted octanol–water partition coefficient (Wildman–Crippen LogP) is 1.88. The summed E-state index contributed by atoms with van der Waals surface area (Å²) >= 11 is 0. The molecule has 88 valence electrons. The van der Waals surface area contributed by atoms with Crippen molar-refractivity contribution < 1.29 is 4.74 Å². The van der Waals surface area contributed by atoms with Crippen molar-refractivity contribution in [3.63, 3.8) is 0 Å². The lowest BCUT2D eigenvalue weighted by molar-refractivity contribution is 0.0668. The molecule has 3 nitrogen and oxygen atoms in total. The number of hydrogen-bond acceptors (Lipinski definition) is 3. The molecule has 1 aliphatic rings. The molecule has 16 heavy (non-hydrogen) atoms. The van der Waals surface area contributed by atoms with Crippen LogP contribution in [0.5, 0.6) is 0 Å². The molecule has 1 atom stereocenters. The zero-order valence-electron chi connectivity index (χ0n) is 9.86. The number of anilines is 1. The highest BCUT2D eigenvalue weighted by Gasteiger charge is 2.14. The van der Waals surface area contributed by atoms with Crippen LogP contribution in [0, 0.1) is 0 Å². The van der Waals surface area contributed by atoms with E-state index in [1.165, 1.54) is 5.56 Å². The number of nitrogen functional groups attached to an aromatic ring is 1. The van der Waals surface area contributed by atoms with Crippen LogP contribution in [0.25, 0.3) is 0 Å². The lowest BCUT2D eigenvalue weighted by Crippen LogP contribution is -2.29. The van der Waals surface area contributed by atoms with Crippen LogP contribution in [0.3, 0.4) is 0 Å². The monoisotopic (exact) mass is 220 g/mol. The topological polar surface area (TPSA) is 38.5 Å². The van der Waals surface area contributed by atoms with Crippen LogP contribution in [0.15, 0.2) is 24.3 Å². The Kier molecular flexibility index (Phi) is 3.80. The van der Waals surface area contributed by atoms with Crippen molar-refractivity contribution in [2.24, 2.45) is 0 Å². The number of nitrogens with two attached hydrogens (primary N) is 1. The summed E-state index contributed by atoms with van der Waals surface area (Å²) in [6.45, 7) is 6.11. The van der Waals surface area contributed by atoms with E-state index in [0.29, 0.717) is 6.10 Å². The van der Waals surface area contributed by atoms with Gasteiger partial charge in [-0.1, -0.05) is 12.1 Å². The molecule has 1 saturated heterocycles. The molecular weight excluding hydrogens is 200 g/mol. The summed E-state index contributed by atoms with van der Waals surface area (Å²) in [5, 5.41) is 0. The van der Waals surface area contributed by atoms with Crippen molar-refractivity contribution in [2.45, 2.75) is 26.0 Å². The van der Waals surface area contributed by atoms with Gasteiger partial charge in [-0.2, -0.15) is 0 Å². The van der Waals surface area contributed by atoms with Crippen LogP contribution in [-0.2, 0) is 11.3 Å². The molecule has 0 amide bonds. The van der Waals surface area contributed by atoms with Crippen molar-refractivity contribution in [1.29, 1.82) is 0 Å². The van der Waals surface area contributed by atoms with E-state index in [2.05, 4.69) is 24.0 Å². The van der Waals surface area contributed by atoms with Crippen LogP contribution in [0.2, 0.25) is 0 Å². The first-order valence-electron chi connectivity index (χ1n) is 5.92. The van der Waals surface area contributed by atoms with Crippen LogP contribution < -0.4 is 5.73 Å². The zero-order valence-corrected chi connectivity index (χ0v) is 9.86. The van der Waals surface area contributed by atoms with Gasteiger partial charge < -0.3 is 10.5 Å². The van der Waals surface area contributed by atoms with Crippen molar-refractivity contribution in [2.75, 3.05) is 25.4 Å². The van der Waals surface area contributed by atoms with Gasteiger partial charge in [0.1, 0.15) is 0 Å². The average Bonchev–Trinajstić information content (AvgIpc) is 2.43. The Bertz CT molecular complexity index is 340. The third-order valence-corrected chi connectivity index (χ3v) is 2.89. The molecule has 2 rings (SSSR count). The van der Waals surface area contributed by atoms with E-state index in [-0.39, 0.29) is 0 Å². The second kappa shape index (κ2) is 5.32. The Morgan fingerprint density at radius 1 is 1.50 bits per heavy atom. The molecule has 2 N–H and O–H groups in total. The maximum atomic E-state index is 5.78. The van der Waals surface area contributed by atoms with Gasteiger partial charge in [0.15, 0.2) is 0 Å². The van der Waals surface area contributed by atoms with E-state index >= 15 is 0 Å². The molecule has 0 saturated carbocycles. The summed E-state index contributed by atoms with van der Waals surface area (Å²) in [5.74, 6) is 0. The van der Waals surface area contributed by atoms with Gasteiger partial charge >= 0.3 is 0 Å². The van der Waals surface area contributed by atoms with Crippen LogP contribution in [-0.4, -0.2) is 30.7 Å². The molecule has 1 heterocycles. The maximum Gasteiger partial charge on any atom is 0.0674 e. The van der Waals surface area contributed by atoms with E-state index in [1.54, 1.807) is 0 Å². The minimum Gasteiger partial charge on any atom is -0.399 e. The molecular formula is C13H20N2O. The number of hydrogen-bond donors (Lipinski definition) is 1. The molecule has 1 aromatic rings. The van der Waals surface area contributed by atoms with E-state index in [1.807, 2.05) is 12.1 Å². The quantitative estimate of drug-likeness (QED) is 0.773. The van der Waals surface area contributed by atoms with E-state index in [9.17, 15) is 0 Å². The molecule has 1 aromatic carbocycles. The Morgan fingerprint density at radius 2 is 2.38 bits per heavy atom. The van der Waals surface area contributed by atoms with Crippen LogP contribution in [0.1, 0.15) is 18.9 Å². The fraction of sp³-hybridized carbons (Fsp3) is 0.538. The summed E-state index contributed by atoms with van der Waals surface area (Å²) in [7, 11) is 0. The van der Waals surface area contributed by atoms with Crippen molar-refractivity contribution in [3.05, 3.63) is 29.8 Å². The molecule has 3 heteroatoms. The summed E-state index contributed by atoms with van der Waals surface area (Å²) in [6.07, 6.45) is 1.45. The van der Waals surface area contributed by atoms with Gasteiger partial charge in [-0.3, -0.25) is 4.90 Å². The summed E-state index contributed by atoms with van der Waals surface area (Å²) in [6, 6.07) is 8.13. The lowest BCUT2D eigenvalue weighted by Gasteiger charge is -2.21. The van der Waals surface area contributed by atoms with Gasteiger partial charge in [-0.25, -0.2) is 0 Å². The molecule has 0 radical (unpaired) electrons. The van der Waals surface area contributed by atoms with Crippen molar-refractivity contribution >= 4 is 5.69 Å². The standard InChI is InChI=1S/C13H20N2O/c1-11-9-15(6-3-7-16-11)10-12-4-2-5-13(14)8-12/h2,4-5,8,11H,3,6-7,9-10,14H2,1H3. The highest BCUT2D eigenvalue weighted by molar-refractivity contribution is 5.40. The van der Waals surface area contributed by atoms with Crippen LogP contribution in [0.4, 0.5) is 5.69 Å². The third kappa shape index (κ3) is 3.22. The third-order valence-electron chi connectivity index (χ3n) is 2.89. The fourth-order valence-electron chi connectivity index (χ4n) is 2.17. The van der Waals surface area contributed by atoms with Gasteiger partial charge in [0.2, 0.25) is 0 Å². The molecule has 0 bridgehead atoms. The summed E-state index contributed by atoms with van der Waals surface area (Å²) in [4.78, 5) is 2.44. The minimum absolute atomic E-state index is 0.337.